The van der Waals surface area contributed by atoms with Crippen molar-refractivity contribution in [1.82, 2.24) is 10.2 Å². The summed E-state index contributed by atoms with van der Waals surface area (Å²) in [7, 11) is 4.00. The Morgan fingerprint density at radius 3 is 2.76 bits per heavy atom. The highest BCUT2D eigenvalue weighted by Crippen LogP contribution is 2.18. The van der Waals surface area contributed by atoms with Crippen LogP contribution in [0.15, 0.2) is 41.0 Å². The van der Waals surface area contributed by atoms with E-state index in [1.807, 2.05) is 26.1 Å². The van der Waals surface area contributed by atoms with Gasteiger partial charge in [0, 0.05) is 18.2 Å². The molecule has 0 aliphatic carbocycles. The fourth-order valence-corrected chi connectivity index (χ4v) is 2.50. The van der Waals surface area contributed by atoms with Crippen LogP contribution in [0, 0.1) is 12.7 Å². The van der Waals surface area contributed by atoms with Crippen molar-refractivity contribution in [3.63, 3.8) is 0 Å². The number of hydrogen-bond donors (Lipinski definition) is 1. The van der Waals surface area contributed by atoms with Crippen molar-refractivity contribution >= 4 is 0 Å². The van der Waals surface area contributed by atoms with E-state index in [0.717, 1.165) is 30.8 Å². The first-order chi connectivity index (χ1) is 10.1. The van der Waals surface area contributed by atoms with E-state index in [2.05, 4.69) is 17.3 Å². The lowest BCUT2D eigenvalue weighted by Gasteiger charge is -2.21. The van der Waals surface area contributed by atoms with Gasteiger partial charge in [0.05, 0.1) is 6.26 Å². The topological polar surface area (TPSA) is 28.4 Å². The van der Waals surface area contributed by atoms with E-state index in [4.69, 9.17) is 4.42 Å². The third kappa shape index (κ3) is 4.41. The van der Waals surface area contributed by atoms with Crippen molar-refractivity contribution in [1.29, 1.82) is 0 Å². The molecule has 114 valence electrons. The molecule has 21 heavy (non-hydrogen) atoms. The molecule has 1 aromatic carbocycles. The van der Waals surface area contributed by atoms with E-state index >= 15 is 0 Å². The summed E-state index contributed by atoms with van der Waals surface area (Å²) in [6.07, 6.45) is 2.65. The first kappa shape index (κ1) is 15.7. The van der Waals surface area contributed by atoms with Gasteiger partial charge in [-0.2, -0.15) is 0 Å². The molecule has 2 rings (SSSR count). The molecule has 1 atom stereocenters. The molecule has 0 aliphatic rings. The molecule has 3 nitrogen and oxygen atoms in total. The zero-order chi connectivity index (χ0) is 15.2. The molecule has 1 aromatic heterocycles. The fraction of sp³-hybridized carbons (Fsp3) is 0.412. The van der Waals surface area contributed by atoms with Gasteiger partial charge in [-0.1, -0.05) is 12.1 Å². The number of nitrogens with zero attached hydrogens (tertiary/aromatic N) is 1. The van der Waals surface area contributed by atoms with E-state index < -0.39 is 0 Å². The standard InChI is InChI=1S/C17H23FN2O/c1-13-15(8-10-21-13)12-20(3)9-7-17(19-2)14-5-4-6-16(18)11-14/h4-6,8,10-11,17,19H,7,9,12H2,1-3H3. The summed E-state index contributed by atoms with van der Waals surface area (Å²) >= 11 is 0. The maximum absolute atomic E-state index is 13.3. The molecule has 1 heterocycles. The van der Waals surface area contributed by atoms with E-state index in [9.17, 15) is 4.39 Å². The molecular weight excluding hydrogens is 267 g/mol. The Bertz CT molecular complexity index is 567. The van der Waals surface area contributed by atoms with Gasteiger partial charge in [0.2, 0.25) is 0 Å². The van der Waals surface area contributed by atoms with Gasteiger partial charge in [-0.05, 0) is 57.7 Å². The van der Waals surface area contributed by atoms with Gasteiger partial charge < -0.3 is 14.6 Å². The van der Waals surface area contributed by atoms with Gasteiger partial charge in [0.1, 0.15) is 11.6 Å². The predicted molar refractivity (Wildman–Crippen MR) is 82.6 cm³/mol. The third-order valence-corrected chi connectivity index (χ3v) is 3.81. The Kier molecular flexibility index (Phi) is 5.53. The highest BCUT2D eigenvalue weighted by atomic mass is 19.1. The van der Waals surface area contributed by atoms with Crippen LogP contribution in [0.2, 0.25) is 0 Å². The van der Waals surface area contributed by atoms with E-state index in [1.54, 1.807) is 18.4 Å². The summed E-state index contributed by atoms with van der Waals surface area (Å²) in [4.78, 5) is 2.25. The van der Waals surface area contributed by atoms with Crippen molar-refractivity contribution < 1.29 is 8.81 Å². The van der Waals surface area contributed by atoms with Crippen LogP contribution in [0.5, 0.6) is 0 Å². The molecule has 1 unspecified atom stereocenters. The Labute approximate surface area is 125 Å². The van der Waals surface area contributed by atoms with Crippen LogP contribution in [-0.4, -0.2) is 25.5 Å². The minimum absolute atomic E-state index is 0.161. The smallest absolute Gasteiger partial charge is 0.123 e. The van der Waals surface area contributed by atoms with E-state index in [0.29, 0.717) is 0 Å². The molecule has 0 radical (unpaired) electrons. The van der Waals surface area contributed by atoms with Crippen LogP contribution < -0.4 is 5.32 Å². The van der Waals surface area contributed by atoms with Gasteiger partial charge >= 0.3 is 0 Å². The Hall–Kier alpha value is -1.65. The molecule has 0 aliphatic heterocycles. The molecule has 0 spiro atoms. The molecule has 4 heteroatoms. The van der Waals surface area contributed by atoms with E-state index in [-0.39, 0.29) is 11.9 Å². The summed E-state index contributed by atoms with van der Waals surface area (Å²) < 4.78 is 18.6. The highest BCUT2D eigenvalue weighted by Gasteiger charge is 2.12. The summed E-state index contributed by atoms with van der Waals surface area (Å²) in [6, 6.07) is 8.96. The molecule has 0 amide bonds. The second kappa shape index (κ2) is 7.38. The predicted octanol–water partition coefficient (Wildman–Crippen LogP) is 3.51. The number of furan rings is 1. The molecule has 0 fully saturated rings. The SMILES string of the molecule is CNC(CCN(C)Cc1ccoc1C)c1cccc(F)c1. The zero-order valence-electron chi connectivity index (χ0n) is 12.9. The second-order valence-electron chi connectivity index (χ2n) is 5.42. The van der Waals surface area contributed by atoms with E-state index in [1.165, 1.54) is 11.6 Å². The lowest BCUT2D eigenvalue weighted by Crippen LogP contribution is -2.25. The number of aryl methyl sites for hydroxylation is 1. The molecule has 1 N–H and O–H groups in total. The van der Waals surface area contributed by atoms with Gasteiger partial charge in [0.25, 0.3) is 0 Å². The number of nitrogens with one attached hydrogen (secondary N) is 1. The molecule has 0 saturated carbocycles. The van der Waals surface area contributed by atoms with Crippen molar-refractivity contribution in [2.45, 2.75) is 25.9 Å². The van der Waals surface area contributed by atoms with Crippen LogP contribution in [0.4, 0.5) is 4.39 Å². The molecule has 0 bridgehead atoms. The van der Waals surface area contributed by atoms with Gasteiger partial charge in [-0.25, -0.2) is 4.39 Å². The fourth-order valence-electron chi connectivity index (χ4n) is 2.50. The monoisotopic (exact) mass is 290 g/mol. The normalized spacial score (nSPS) is 12.8. The van der Waals surface area contributed by atoms with Crippen LogP contribution in [0.25, 0.3) is 0 Å². The quantitative estimate of drug-likeness (QED) is 0.846. The van der Waals surface area contributed by atoms with Crippen LogP contribution in [0.3, 0.4) is 0 Å². The minimum atomic E-state index is -0.185. The summed E-state index contributed by atoms with van der Waals surface area (Å²) in [5, 5.41) is 3.26. The maximum atomic E-state index is 13.3. The number of benzene rings is 1. The summed E-state index contributed by atoms with van der Waals surface area (Å²) in [6.45, 7) is 3.76. The summed E-state index contributed by atoms with van der Waals surface area (Å²) in [5.74, 6) is 0.785. The number of rotatable bonds is 7. The van der Waals surface area contributed by atoms with Gasteiger partial charge in [0.15, 0.2) is 0 Å². The highest BCUT2D eigenvalue weighted by molar-refractivity contribution is 5.20. The van der Waals surface area contributed by atoms with Crippen molar-refractivity contribution in [3.05, 3.63) is 59.3 Å². The lowest BCUT2D eigenvalue weighted by molar-refractivity contribution is 0.301. The van der Waals surface area contributed by atoms with Crippen molar-refractivity contribution in [2.75, 3.05) is 20.6 Å². The van der Waals surface area contributed by atoms with Crippen LogP contribution in [0.1, 0.15) is 29.3 Å². The van der Waals surface area contributed by atoms with Crippen LogP contribution in [-0.2, 0) is 6.54 Å². The van der Waals surface area contributed by atoms with Crippen molar-refractivity contribution in [2.24, 2.45) is 0 Å². The van der Waals surface area contributed by atoms with Gasteiger partial charge in [-0.3, -0.25) is 0 Å². The number of hydrogen-bond acceptors (Lipinski definition) is 3. The first-order valence-electron chi connectivity index (χ1n) is 7.24. The Morgan fingerprint density at radius 1 is 1.33 bits per heavy atom. The average molecular weight is 290 g/mol. The zero-order valence-corrected chi connectivity index (χ0v) is 12.9. The second-order valence-corrected chi connectivity index (χ2v) is 5.42. The molecular formula is C17H23FN2O. The average Bonchev–Trinajstić information content (AvgIpc) is 2.85. The minimum Gasteiger partial charge on any atom is -0.469 e. The molecule has 0 saturated heterocycles. The maximum Gasteiger partial charge on any atom is 0.123 e. The first-order valence-corrected chi connectivity index (χ1v) is 7.24. The Balaban J connectivity index is 1.89. The van der Waals surface area contributed by atoms with Crippen molar-refractivity contribution in [3.8, 4) is 0 Å². The summed E-state index contributed by atoms with van der Waals surface area (Å²) in [5.41, 5.74) is 2.20. The third-order valence-electron chi connectivity index (χ3n) is 3.81. The van der Waals surface area contributed by atoms with Crippen LogP contribution >= 0.6 is 0 Å². The Morgan fingerprint density at radius 2 is 2.14 bits per heavy atom. The number of halogens is 1. The molecule has 2 aromatic rings. The lowest BCUT2D eigenvalue weighted by atomic mass is 10.0. The van der Waals surface area contributed by atoms with Gasteiger partial charge in [-0.15, -0.1) is 0 Å². The largest absolute Gasteiger partial charge is 0.469 e.